The highest BCUT2D eigenvalue weighted by Gasteiger charge is 2.23. The van der Waals surface area contributed by atoms with Gasteiger partial charge in [-0.05, 0) is 5.38 Å². The summed E-state index contributed by atoms with van der Waals surface area (Å²) in [7, 11) is 1.42. The highest BCUT2D eigenvalue weighted by atomic mass is 32.2. The Bertz CT molecular complexity index is 268. The average Bonchev–Trinajstić information content (AvgIpc) is 2.24. The van der Waals surface area contributed by atoms with Crippen LogP contribution in [-0.2, 0) is 14.3 Å². The van der Waals surface area contributed by atoms with Crippen molar-refractivity contribution >= 4 is 31.9 Å². The molecule has 5 nitrogen and oxygen atoms in total. The summed E-state index contributed by atoms with van der Waals surface area (Å²) in [5.74, 6) is 0.0601. The molecule has 7 heteroatoms. The molecule has 0 aliphatic carbocycles. The van der Waals surface area contributed by atoms with Gasteiger partial charge in [0.15, 0.2) is 0 Å². The number of ether oxygens (including phenoxy) is 2. The summed E-state index contributed by atoms with van der Waals surface area (Å²) < 4.78 is 9.09. The Hall–Kier alpha value is -0.693. The number of carbonyl (C=O) groups is 2. The van der Waals surface area contributed by atoms with E-state index in [1.807, 2.05) is 0 Å². The Morgan fingerprint density at radius 2 is 1.82 bits per heavy atom. The minimum absolute atomic E-state index is 0.446. The molecule has 0 bridgehead atoms. The fourth-order valence-electron chi connectivity index (χ4n) is 0.995. The van der Waals surface area contributed by atoms with Gasteiger partial charge in [-0.25, -0.2) is 9.59 Å². The normalized spacial score (nSPS) is 12.8. The topological polar surface area (TPSA) is 64.6 Å². The largest absolute Gasteiger partial charge is 0.467 e. The second-order valence-corrected chi connectivity index (χ2v) is 11.8. The molecule has 1 amide bonds. The Labute approximate surface area is 108 Å². The number of rotatable bonds is 6. The van der Waals surface area contributed by atoms with Crippen LogP contribution in [0.15, 0.2) is 0 Å². The number of hydrogen-bond donors (Lipinski definition) is 1. The van der Waals surface area contributed by atoms with Gasteiger partial charge in [0.05, 0.1) is 22.3 Å². The first kappa shape index (κ1) is 16.3. The van der Waals surface area contributed by atoms with Crippen molar-refractivity contribution in [2.24, 2.45) is 0 Å². The van der Waals surface area contributed by atoms with Crippen molar-refractivity contribution in [3.63, 3.8) is 0 Å². The molecule has 0 aliphatic rings. The molecule has 0 aromatic carbocycles. The van der Waals surface area contributed by atoms with Crippen molar-refractivity contribution in [2.75, 3.05) is 25.3 Å². The van der Waals surface area contributed by atoms with Crippen LogP contribution in [-0.4, -0.2) is 51.5 Å². The molecular weight excluding hydrogens is 258 g/mol. The Morgan fingerprint density at radius 1 is 1.24 bits per heavy atom. The number of alkyl carbamates (subject to hydrolysis) is 1. The number of hydrogen-bond acceptors (Lipinski definition) is 5. The molecule has 0 fully saturated rings. The number of thioether (sulfide) groups is 1. The highest BCUT2D eigenvalue weighted by Crippen LogP contribution is 2.13. The van der Waals surface area contributed by atoms with Gasteiger partial charge in [0.25, 0.3) is 0 Å². The third-order valence-electron chi connectivity index (χ3n) is 1.78. The first-order valence-electron chi connectivity index (χ1n) is 5.30. The highest BCUT2D eigenvalue weighted by molar-refractivity contribution is 8.00. The maximum Gasteiger partial charge on any atom is 0.407 e. The summed E-state index contributed by atoms with van der Waals surface area (Å²) in [4.78, 5) is 22.5. The number of carbonyl (C=O) groups excluding carboxylic acids is 2. The zero-order chi connectivity index (χ0) is 13.5. The Kier molecular flexibility index (Phi) is 7.29. The second-order valence-electron chi connectivity index (χ2n) is 4.79. The molecule has 17 heavy (non-hydrogen) atoms. The zero-order valence-electron chi connectivity index (χ0n) is 11.0. The van der Waals surface area contributed by atoms with Crippen molar-refractivity contribution in [3.05, 3.63) is 0 Å². The molecule has 0 aromatic heterocycles. The molecule has 0 radical (unpaired) electrons. The van der Waals surface area contributed by atoms with Crippen molar-refractivity contribution < 1.29 is 19.1 Å². The van der Waals surface area contributed by atoms with Crippen LogP contribution in [0.3, 0.4) is 0 Å². The molecule has 0 saturated carbocycles. The molecule has 100 valence electrons. The minimum atomic E-state index is -1.15. The first-order valence-corrected chi connectivity index (χ1v) is 10.2. The molecule has 0 saturated heterocycles. The number of amides is 1. The van der Waals surface area contributed by atoms with E-state index in [1.165, 1.54) is 14.2 Å². The Balaban J connectivity index is 4.21. The van der Waals surface area contributed by atoms with Gasteiger partial charge in [0.1, 0.15) is 6.04 Å². The van der Waals surface area contributed by atoms with Gasteiger partial charge in [-0.3, -0.25) is 0 Å². The molecule has 0 aliphatic heterocycles. The monoisotopic (exact) mass is 279 g/mol. The molecule has 0 aromatic rings. The maximum absolute atomic E-state index is 11.4. The fraction of sp³-hybridized carbons (Fsp3) is 0.800. The third kappa shape index (κ3) is 8.09. The smallest absolute Gasteiger partial charge is 0.407 e. The first-order chi connectivity index (χ1) is 7.80. The van der Waals surface area contributed by atoms with Crippen LogP contribution < -0.4 is 5.32 Å². The van der Waals surface area contributed by atoms with Gasteiger partial charge in [-0.15, -0.1) is 0 Å². The number of methoxy groups -OCH3 is 2. The van der Waals surface area contributed by atoms with Gasteiger partial charge in [-0.2, -0.15) is 11.8 Å². The molecule has 0 spiro atoms. The zero-order valence-corrected chi connectivity index (χ0v) is 12.8. The van der Waals surface area contributed by atoms with Crippen molar-refractivity contribution in [3.8, 4) is 0 Å². The lowest BCUT2D eigenvalue weighted by molar-refractivity contribution is -0.142. The van der Waals surface area contributed by atoms with Crippen LogP contribution in [0.5, 0.6) is 0 Å². The van der Waals surface area contributed by atoms with E-state index in [-0.39, 0.29) is 0 Å². The van der Waals surface area contributed by atoms with Crippen molar-refractivity contribution in [2.45, 2.75) is 25.7 Å². The van der Waals surface area contributed by atoms with E-state index in [1.54, 1.807) is 11.8 Å². The van der Waals surface area contributed by atoms with Crippen LogP contribution in [0.25, 0.3) is 0 Å². The average molecular weight is 279 g/mol. The summed E-state index contributed by atoms with van der Waals surface area (Å²) in [6.07, 6.45) is -0.617. The Morgan fingerprint density at radius 3 is 2.24 bits per heavy atom. The van der Waals surface area contributed by atoms with Crippen LogP contribution in [0.4, 0.5) is 4.79 Å². The summed E-state index contributed by atoms with van der Waals surface area (Å²) in [5.41, 5.74) is 0. The van der Waals surface area contributed by atoms with Crippen LogP contribution in [0.1, 0.15) is 0 Å². The molecule has 1 atom stereocenters. The minimum Gasteiger partial charge on any atom is -0.467 e. The van der Waals surface area contributed by atoms with Crippen LogP contribution in [0, 0.1) is 0 Å². The predicted molar refractivity (Wildman–Crippen MR) is 72.0 cm³/mol. The fourth-order valence-corrected chi connectivity index (χ4v) is 4.37. The quantitative estimate of drug-likeness (QED) is 0.589. The maximum atomic E-state index is 11.4. The third-order valence-corrected chi connectivity index (χ3v) is 6.63. The van der Waals surface area contributed by atoms with E-state index in [0.717, 1.165) is 5.38 Å². The van der Waals surface area contributed by atoms with E-state index in [0.29, 0.717) is 5.75 Å². The standard InChI is InChI=1S/C10H21NO4SSi/c1-14-9(12)8(11-10(13)15-2)6-16-7-17(3,4)5/h8H,6-7H2,1-5H3,(H,11,13). The van der Waals surface area contributed by atoms with Crippen molar-refractivity contribution in [1.82, 2.24) is 5.32 Å². The molecular formula is C10H21NO4SSi. The summed E-state index contributed by atoms with van der Waals surface area (Å²) in [6.45, 7) is 6.75. The van der Waals surface area contributed by atoms with E-state index < -0.39 is 26.2 Å². The lowest BCUT2D eigenvalue weighted by Crippen LogP contribution is -2.43. The SMILES string of the molecule is COC(=O)NC(CSC[Si](C)(C)C)C(=O)OC. The molecule has 0 rings (SSSR count). The van der Waals surface area contributed by atoms with E-state index in [9.17, 15) is 9.59 Å². The van der Waals surface area contributed by atoms with Gasteiger partial charge < -0.3 is 14.8 Å². The summed E-state index contributed by atoms with van der Waals surface area (Å²) in [6, 6.07) is -0.645. The molecule has 1 N–H and O–H groups in total. The second kappa shape index (κ2) is 7.60. The molecule has 0 heterocycles. The van der Waals surface area contributed by atoms with Gasteiger partial charge >= 0.3 is 12.1 Å². The number of esters is 1. The van der Waals surface area contributed by atoms with Crippen LogP contribution >= 0.6 is 11.8 Å². The lowest BCUT2D eigenvalue weighted by Gasteiger charge is -2.18. The van der Waals surface area contributed by atoms with E-state index in [4.69, 9.17) is 0 Å². The van der Waals surface area contributed by atoms with E-state index >= 15 is 0 Å². The van der Waals surface area contributed by atoms with Gasteiger partial charge in [-0.1, -0.05) is 19.6 Å². The number of nitrogens with one attached hydrogen (secondary N) is 1. The van der Waals surface area contributed by atoms with Crippen LogP contribution in [0.2, 0.25) is 19.6 Å². The van der Waals surface area contributed by atoms with Gasteiger partial charge in [0.2, 0.25) is 0 Å². The van der Waals surface area contributed by atoms with Gasteiger partial charge in [0, 0.05) is 5.75 Å². The summed E-state index contributed by atoms with van der Waals surface area (Å²) in [5, 5.41) is 3.49. The van der Waals surface area contributed by atoms with E-state index in [2.05, 4.69) is 34.4 Å². The summed E-state index contributed by atoms with van der Waals surface area (Å²) >= 11 is 1.66. The lowest BCUT2D eigenvalue weighted by atomic mass is 10.3. The predicted octanol–water partition coefficient (Wildman–Crippen LogP) is 1.49. The van der Waals surface area contributed by atoms with Crippen molar-refractivity contribution in [1.29, 1.82) is 0 Å². The molecule has 1 unspecified atom stereocenters.